The standard InChI is InChI=1S/C11H12N2O/c1-3-13-8(2)9-6-4-5-7-10(9)12-11(13)14/h4-7H,2-3H2,1H3,(H,12,14). The highest BCUT2D eigenvalue weighted by atomic mass is 16.2. The molecule has 0 bridgehead atoms. The summed E-state index contributed by atoms with van der Waals surface area (Å²) in [6.45, 7) is 6.49. The summed E-state index contributed by atoms with van der Waals surface area (Å²) in [6, 6.07) is 7.57. The van der Waals surface area contributed by atoms with Gasteiger partial charge in [0.2, 0.25) is 0 Å². The summed E-state index contributed by atoms with van der Waals surface area (Å²) >= 11 is 0. The van der Waals surface area contributed by atoms with Gasteiger partial charge in [-0.2, -0.15) is 0 Å². The monoisotopic (exact) mass is 188 g/mol. The molecule has 3 nitrogen and oxygen atoms in total. The lowest BCUT2D eigenvalue weighted by molar-refractivity contribution is 0.232. The molecule has 72 valence electrons. The van der Waals surface area contributed by atoms with E-state index in [9.17, 15) is 4.79 Å². The lowest BCUT2D eigenvalue weighted by Crippen LogP contribution is -2.37. The maximum Gasteiger partial charge on any atom is 0.326 e. The van der Waals surface area contributed by atoms with Crippen LogP contribution in [0.4, 0.5) is 10.5 Å². The molecule has 0 fully saturated rings. The molecule has 0 atom stereocenters. The molecule has 0 radical (unpaired) electrons. The van der Waals surface area contributed by atoms with Gasteiger partial charge in [-0.05, 0) is 13.0 Å². The van der Waals surface area contributed by atoms with Crippen molar-refractivity contribution in [3.63, 3.8) is 0 Å². The maximum atomic E-state index is 11.6. The molecule has 1 heterocycles. The van der Waals surface area contributed by atoms with E-state index < -0.39 is 0 Å². The first-order chi connectivity index (χ1) is 6.74. The fraction of sp³-hybridized carbons (Fsp3) is 0.182. The van der Waals surface area contributed by atoms with Crippen LogP contribution in [-0.4, -0.2) is 17.5 Å². The SMILES string of the molecule is C=C1c2ccccc2NC(=O)N1CC. The number of benzene rings is 1. The quantitative estimate of drug-likeness (QED) is 0.721. The van der Waals surface area contributed by atoms with Crippen molar-refractivity contribution in [1.29, 1.82) is 0 Å². The minimum atomic E-state index is -0.101. The number of hydrogen-bond donors (Lipinski definition) is 1. The average molecular weight is 188 g/mol. The van der Waals surface area contributed by atoms with E-state index in [1.165, 1.54) is 0 Å². The number of nitrogens with one attached hydrogen (secondary N) is 1. The Labute approximate surface area is 83.0 Å². The minimum absolute atomic E-state index is 0.101. The number of rotatable bonds is 1. The summed E-state index contributed by atoms with van der Waals surface area (Å²) in [5.74, 6) is 0. The number of urea groups is 1. The van der Waals surface area contributed by atoms with Crippen LogP contribution >= 0.6 is 0 Å². The Morgan fingerprint density at radius 3 is 2.86 bits per heavy atom. The zero-order valence-corrected chi connectivity index (χ0v) is 8.08. The van der Waals surface area contributed by atoms with Gasteiger partial charge in [-0.3, -0.25) is 4.90 Å². The molecule has 0 saturated heterocycles. The van der Waals surface area contributed by atoms with Crippen molar-refractivity contribution in [3.8, 4) is 0 Å². The highest BCUT2D eigenvalue weighted by Gasteiger charge is 2.23. The summed E-state index contributed by atoms with van der Waals surface area (Å²) in [5.41, 5.74) is 2.60. The van der Waals surface area contributed by atoms with Gasteiger partial charge in [0.05, 0.1) is 5.69 Å². The zero-order chi connectivity index (χ0) is 10.1. The molecule has 0 aliphatic carbocycles. The molecule has 0 spiro atoms. The fourth-order valence-corrected chi connectivity index (χ4v) is 1.63. The molecule has 1 aromatic rings. The summed E-state index contributed by atoms with van der Waals surface area (Å²) in [6.07, 6.45) is 0. The number of amides is 2. The number of carbonyl (C=O) groups is 1. The highest BCUT2D eigenvalue weighted by molar-refractivity contribution is 6.02. The van der Waals surface area contributed by atoms with Crippen LogP contribution < -0.4 is 5.32 Å². The number of para-hydroxylation sites is 1. The summed E-state index contributed by atoms with van der Waals surface area (Å²) in [4.78, 5) is 13.2. The van der Waals surface area contributed by atoms with Crippen molar-refractivity contribution in [2.24, 2.45) is 0 Å². The van der Waals surface area contributed by atoms with Crippen LogP contribution in [0.1, 0.15) is 12.5 Å². The third kappa shape index (κ3) is 1.18. The first kappa shape index (κ1) is 8.81. The molecule has 2 amide bonds. The molecule has 1 aliphatic heterocycles. The number of carbonyl (C=O) groups excluding carboxylic acids is 1. The van der Waals surface area contributed by atoms with E-state index >= 15 is 0 Å². The second kappa shape index (κ2) is 3.18. The average Bonchev–Trinajstić information content (AvgIpc) is 2.18. The number of fused-ring (bicyclic) bond motifs is 1. The Balaban J connectivity index is 2.49. The van der Waals surface area contributed by atoms with Gasteiger partial charge in [0.15, 0.2) is 0 Å². The molecule has 0 unspecified atom stereocenters. The van der Waals surface area contributed by atoms with Crippen LogP contribution in [0.3, 0.4) is 0 Å². The summed E-state index contributed by atoms with van der Waals surface area (Å²) in [5, 5.41) is 2.82. The van der Waals surface area contributed by atoms with Gasteiger partial charge in [0.25, 0.3) is 0 Å². The van der Waals surface area contributed by atoms with Crippen LogP contribution in [0.15, 0.2) is 30.8 Å². The second-order valence-corrected chi connectivity index (χ2v) is 3.17. The second-order valence-electron chi connectivity index (χ2n) is 3.17. The van der Waals surface area contributed by atoms with Crippen LogP contribution in [-0.2, 0) is 0 Å². The zero-order valence-electron chi connectivity index (χ0n) is 8.08. The Kier molecular flexibility index (Phi) is 2.00. The van der Waals surface area contributed by atoms with Crippen molar-refractivity contribution in [2.75, 3.05) is 11.9 Å². The lowest BCUT2D eigenvalue weighted by atomic mass is 10.1. The van der Waals surface area contributed by atoms with Gasteiger partial charge in [-0.1, -0.05) is 24.8 Å². The Morgan fingerprint density at radius 2 is 2.14 bits per heavy atom. The molecule has 1 N–H and O–H groups in total. The molecule has 3 heteroatoms. The fourth-order valence-electron chi connectivity index (χ4n) is 1.63. The van der Waals surface area contributed by atoms with Crippen molar-refractivity contribution in [1.82, 2.24) is 4.90 Å². The predicted molar refractivity (Wildman–Crippen MR) is 56.9 cm³/mol. The highest BCUT2D eigenvalue weighted by Crippen LogP contribution is 2.29. The van der Waals surface area contributed by atoms with Crippen LogP contribution in [0, 0.1) is 0 Å². The van der Waals surface area contributed by atoms with Crippen LogP contribution in [0.25, 0.3) is 5.70 Å². The molecule has 2 rings (SSSR count). The van der Waals surface area contributed by atoms with Crippen LogP contribution in [0.2, 0.25) is 0 Å². The summed E-state index contributed by atoms with van der Waals surface area (Å²) in [7, 11) is 0. The van der Waals surface area contributed by atoms with Gasteiger partial charge < -0.3 is 5.32 Å². The first-order valence-corrected chi connectivity index (χ1v) is 4.61. The van der Waals surface area contributed by atoms with Crippen molar-refractivity contribution >= 4 is 17.4 Å². The molecular formula is C11H12N2O. The van der Waals surface area contributed by atoms with Gasteiger partial charge in [0, 0.05) is 17.8 Å². The first-order valence-electron chi connectivity index (χ1n) is 4.61. The third-order valence-corrected chi connectivity index (χ3v) is 2.37. The smallest absolute Gasteiger partial charge is 0.307 e. The van der Waals surface area contributed by atoms with Crippen LogP contribution in [0.5, 0.6) is 0 Å². The normalized spacial score (nSPS) is 15.1. The van der Waals surface area contributed by atoms with E-state index in [1.807, 2.05) is 31.2 Å². The molecular weight excluding hydrogens is 176 g/mol. The Bertz CT molecular complexity index is 398. The van der Waals surface area contributed by atoms with Gasteiger partial charge in [-0.15, -0.1) is 0 Å². The number of anilines is 1. The molecule has 0 aromatic heterocycles. The Hall–Kier alpha value is -1.77. The van der Waals surface area contributed by atoms with E-state index in [1.54, 1.807) is 4.90 Å². The predicted octanol–water partition coefficient (Wildman–Crippen LogP) is 2.52. The van der Waals surface area contributed by atoms with Gasteiger partial charge in [0.1, 0.15) is 0 Å². The minimum Gasteiger partial charge on any atom is -0.307 e. The lowest BCUT2D eigenvalue weighted by Gasteiger charge is -2.30. The van der Waals surface area contributed by atoms with E-state index in [2.05, 4.69) is 11.9 Å². The van der Waals surface area contributed by atoms with E-state index in [0.717, 1.165) is 16.9 Å². The molecule has 14 heavy (non-hydrogen) atoms. The maximum absolute atomic E-state index is 11.6. The molecule has 0 saturated carbocycles. The molecule has 1 aliphatic rings. The van der Waals surface area contributed by atoms with Gasteiger partial charge >= 0.3 is 6.03 Å². The van der Waals surface area contributed by atoms with Gasteiger partial charge in [-0.25, -0.2) is 4.79 Å². The third-order valence-electron chi connectivity index (χ3n) is 2.37. The summed E-state index contributed by atoms with van der Waals surface area (Å²) < 4.78 is 0. The van der Waals surface area contributed by atoms with Crippen molar-refractivity contribution < 1.29 is 4.79 Å². The van der Waals surface area contributed by atoms with E-state index in [4.69, 9.17) is 0 Å². The molecule has 1 aromatic carbocycles. The van der Waals surface area contributed by atoms with Crippen molar-refractivity contribution in [2.45, 2.75) is 6.92 Å². The van der Waals surface area contributed by atoms with E-state index in [-0.39, 0.29) is 6.03 Å². The topological polar surface area (TPSA) is 32.3 Å². The largest absolute Gasteiger partial charge is 0.326 e. The number of hydrogen-bond acceptors (Lipinski definition) is 1. The van der Waals surface area contributed by atoms with Crippen molar-refractivity contribution in [3.05, 3.63) is 36.4 Å². The number of nitrogens with zero attached hydrogens (tertiary/aromatic N) is 1. The Morgan fingerprint density at radius 1 is 1.43 bits per heavy atom. The van der Waals surface area contributed by atoms with E-state index in [0.29, 0.717) is 6.54 Å².